The van der Waals surface area contributed by atoms with Crippen molar-refractivity contribution in [1.82, 2.24) is 4.98 Å². The fraction of sp³-hybridized carbons (Fsp3) is 0.538. The lowest BCUT2D eigenvalue weighted by atomic mass is 10.1. The van der Waals surface area contributed by atoms with Crippen LogP contribution in [0.1, 0.15) is 35.0 Å². The van der Waals surface area contributed by atoms with Gasteiger partial charge < -0.3 is 19.8 Å². The fourth-order valence-electron chi connectivity index (χ4n) is 2.20. The van der Waals surface area contributed by atoms with Gasteiger partial charge in [-0.05, 0) is 12.5 Å². The molecule has 0 saturated heterocycles. The zero-order valence-electron chi connectivity index (χ0n) is 10.9. The highest BCUT2D eigenvalue weighted by molar-refractivity contribution is 5.93. The maximum absolute atomic E-state index is 11.4. The summed E-state index contributed by atoms with van der Waals surface area (Å²) in [5.41, 5.74) is 1.80. The summed E-state index contributed by atoms with van der Waals surface area (Å²) in [6.45, 7) is 3.84. The zero-order valence-corrected chi connectivity index (χ0v) is 10.9. The topological polar surface area (TPSA) is 82.9 Å². The number of pyridine rings is 1. The summed E-state index contributed by atoms with van der Waals surface area (Å²) < 4.78 is 5.28. The molecular formula is C13H18N2O4. The van der Waals surface area contributed by atoms with Gasteiger partial charge in [-0.2, -0.15) is 0 Å². The molecule has 2 heterocycles. The summed E-state index contributed by atoms with van der Waals surface area (Å²) in [5, 5.41) is 18.4. The minimum Gasteiger partial charge on any atom is -0.478 e. The van der Waals surface area contributed by atoms with Crippen LogP contribution in [-0.2, 0) is 18.0 Å². The largest absolute Gasteiger partial charge is 0.478 e. The molecule has 0 fully saturated rings. The van der Waals surface area contributed by atoms with Crippen LogP contribution < -0.4 is 4.90 Å². The molecule has 0 saturated carbocycles. The molecule has 0 spiro atoms. The molecule has 6 nitrogen and oxygen atoms in total. The molecule has 19 heavy (non-hydrogen) atoms. The van der Waals surface area contributed by atoms with Gasteiger partial charge in [-0.1, -0.05) is 6.92 Å². The number of anilines is 1. The van der Waals surface area contributed by atoms with E-state index in [1.807, 2.05) is 11.8 Å². The Bertz CT molecular complexity index is 470. The Balaban J connectivity index is 2.43. The molecule has 1 aliphatic heterocycles. The summed E-state index contributed by atoms with van der Waals surface area (Å²) in [5.74, 6) is -0.580. The number of rotatable bonds is 6. The van der Waals surface area contributed by atoms with Gasteiger partial charge in [0.1, 0.15) is 11.4 Å². The van der Waals surface area contributed by atoms with E-state index in [9.17, 15) is 9.90 Å². The lowest BCUT2D eigenvalue weighted by Gasteiger charge is -2.24. The number of carboxylic acid groups (broad SMARTS) is 1. The molecule has 2 N–H and O–H groups in total. The van der Waals surface area contributed by atoms with Gasteiger partial charge in [0.2, 0.25) is 0 Å². The smallest absolute Gasteiger partial charge is 0.339 e. The Morgan fingerprint density at radius 1 is 1.47 bits per heavy atom. The van der Waals surface area contributed by atoms with E-state index < -0.39 is 5.97 Å². The predicted octanol–water partition coefficient (Wildman–Crippen LogP) is 1.02. The van der Waals surface area contributed by atoms with Crippen LogP contribution in [0.25, 0.3) is 0 Å². The lowest BCUT2D eigenvalue weighted by molar-refractivity contribution is 0.0697. The van der Waals surface area contributed by atoms with E-state index in [0.717, 1.165) is 17.7 Å². The van der Waals surface area contributed by atoms with Crippen molar-refractivity contribution >= 4 is 11.8 Å². The van der Waals surface area contributed by atoms with Crippen LogP contribution in [0, 0.1) is 0 Å². The summed E-state index contributed by atoms with van der Waals surface area (Å²) in [4.78, 5) is 17.6. The van der Waals surface area contributed by atoms with Crippen molar-refractivity contribution in [3.8, 4) is 0 Å². The predicted molar refractivity (Wildman–Crippen MR) is 69.3 cm³/mol. The maximum atomic E-state index is 11.4. The summed E-state index contributed by atoms with van der Waals surface area (Å²) >= 11 is 0. The molecule has 1 aliphatic rings. The van der Waals surface area contributed by atoms with Crippen molar-refractivity contribution in [1.29, 1.82) is 0 Å². The summed E-state index contributed by atoms with van der Waals surface area (Å²) in [7, 11) is 0. The van der Waals surface area contributed by atoms with Crippen molar-refractivity contribution in [3.05, 3.63) is 22.9 Å². The number of aliphatic hydroxyl groups excluding tert-OH is 1. The van der Waals surface area contributed by atoms with Crippen LogP contribution in [0.15, 0.2) is 6.07 Å². The first-order valence-electron chi connectivity index (χ1n) is 6.37. The van der Waals surface area contributed by atoms with E-state index in [4.69, 9.17) is 9.84 Å². The number of aromatic nitrogens is 1. The minimum absolute atomic E-state index is 0.0334. The number of ether oxygens (including phenoxy) is 1. The van der Waals surface area contributed by atoms with Crippen molar-refractivity contribution in [2.45, 2.75) is 26.6 Å². The summed E-state index contributed by atoms with van der Waals surface area (Å²) in [6.07, 6.45) is 0.855. The first kappa shape index (κ1) is 13.8. The van der Waals surface area contributed by atoms with Crippen molar-refractivity contribution in [2.75, 3.05) is 24.6 Å². The molecule has 104 valence electrons. The van der Waals surface area contributed by atoms with Gasteiger partial charge in [0.25, 0.3) is 0 Å². The number of aromatic carboxylic acids is 1. The van der Waals surface area contributed by atoms with E-state index in [1.165, 1.54) is 0 Å². The molecular weight excluding hydrogens is 248 g/mol. The molecule has 0 aromatic carbocycles. The van der Waals surface area contributed by atoms with E-state index in [2.05, 4.69) is 4.98 Å². The molecule has 0 aliphatic carbocycles. The summed E-state index contributed by atoms with van der Waals surface area (Å²) in [6, 6.07) is 1.63. The molecule has 6 heteroatoms. The van der Waals surface area contributed by atoms with Crippen LogP contribution >= 0.6 is 0 Å². The highest BCUT2D eigenvalue weighted by Crippen LogP contribution is 2.26. The molecule has 0 atom stereocenters. The number of aliphatic hydroxyl groups is 1. The van der Waals surface area contributed by atoms with E-state index in [0.29, 0.717) is 32.1 Å². The number of nitrogens with zero attached hydrogens (tertiary/aromatic N) is 2. The van der Waals surface area contributed by atoms with E-state index >= 15 is 0 Å². The van der Waals surface area contributed by atoms with Crippen molar-refractivity contribution < 1.29 is 19.7 Å². The van der Waals surface area contributed by atoms with Crippen molar-refractivity contribution in [3.63, 3.8) is 0 Å². The van der Waals surface area contributed by atoms with Gasteiger partial charge in [0.15, 0.2) is 0 Å². The first-order valence-corrected chi connectivity index (χ1v) is 6.37. The second kappa shape index (κ2) is 5.99. The van der Waals surface area contributed by atoms with Gasteiger partial charge in [-0.3, -0.25) is 0 Å². The van der Waals surface area contributed by atoms with Gasteiger partial charge in [0, 0.05) is 18.7 Å². The van der Waals surface area contributed by atoms with Crippen LogP contribution in [0.5, 0.6) is 0 Å². The molecule has 0 amide bonds. The Morgan fingerprint density at radius 2 is 2.26 bits per heavy atom. The Hall–Kier alpha value is -1.66. The second-order valence-corrected chi connectivity index (χ2v) is 4.47. The molecule has 2 rings (SSSR count). The highest BCUT2D eigenvalue weighted by Gasteiger charge is 2.23. The van der Waals surface area contributed by atoms with Gasteiger partial charge >= 0.3 is 5.97 Å². The zero-order chi connectivity index (χ0) is 13.8. The monoisotopic (exact) mass is 266 g/mol. The van der Waals surface area contributed by atoms with E-state index in [-0.39, 0.29) is 12.2 Å². The van der Waals surface area contributed by atoms with Gasteiger partial charge in [0.05, 0.1) is 25.5 Å². The maximum Gasteiger partial charge on any atom is 0.339 e. The van der Waals surface area contributed by atoms with E-state index in [1.54, 1.807) is 6.07 Å². The standard InChI is InChI=1S/C13H18N2O4/c1-2-3-15(4-5-16)12-10(13(17)18)6-9-7-19-8-11(9)14-12/h6,16H,2-5,7-8H2,1H3,(H,17,18). The number of hydrogen-bond donors (Lipinski definition) is 2. The van der Waals surface area contributed by atoms with Crippen LogP contribution in [0.3, 0.4) is 0 Å². The van der Waals surface area contributed by atoms with Crippen LogP contribution in [0.2, 0.25) is 0 Å². The Labute approximate surface area is 111 Å². The molecule has 0 bridgehead atoms. The number of hydrogen-bond acceptors (Lipinski definition) is 5. The molecule has 0 radical (unpaired) electrons. The molecule has 0 unspecified atom stereocenters. The third-order valence-corrected chi connectivity index (χ3v) is 3.06. The number of carboxylic acids is 1. The minimum atomic E-state index is -1.00. The van der Waals surface area contributed by atoms with Gasteiger partial charge in [-0.25, -0.2) is 9.78 Å². The molecule has 1 aromatic heterocycles. The molecule has 1 aromatic rings. The quantitative estimate of drug-likeness (QED) is 0.800. The normalized spacial score (nSPS) is 13.4. The van der Waals surface area contributed by atoms with Gasteiger partial charge in [-0.15, -0.1) is 0 Å². The Kier molecular flexibility index (Phi) is 4.34. The number of carbonyl (C=O) groups is 1. The first-order chi connectivity index (χ1) is 9.17. The lowest BCUT2D eigenvalue weighted by Crippen LogP contribution is -2.30. The van der Waals surface area contributed by atoms with Crippen LogP contribution in [0.4, 0.5) is 5.82 Å². The van der Waals surface area contributed by atoms with Crippen LogP contribution in [-0.4, -0.2) is 40.9 Å². The third-order valence-electron chi connectivity index (χ3n) is 3.06. The second-order valence-electron chi connectivity index (χ2n) is 4.47. The SMILES string of the molecule is CCCN(CCO)c1nc2c(cc1C(=O)O)COC2. The Morgan fingerprint density at radius 3 is 2.89 bits per heavy atom. The highest BCUT2D eigenvalue weighted by atomic mass is 16.5. The fourth-order valence-corrected chi connectivity index (χ4v) is 2.20. The number of fused-ring (bicyclic) bond motifs is 1. The average Bonchev–Trinajstić information content (AvgIpc) is 2.84. The third kappa shape index (κ3) is 2.85. The average molecular weight is 266 g/mol. The van der Waals surface area contributed by atoms with Crippen molar-refractivity contribution in [2.24, 2.45) is 0 Å².